The Morgan fingerprint density at radius 3 is 2.71 bits per heavy atom. The van der Waals surface area contributed by atoms with E-state index in [2.05, 4.69) is 13.4 Å². The zero-order valence-electron chi connectivity index (χ0n) is 12.2. The number of aliphatic hydroxyl groups excluding tert-OH is 1. The van der Waals surface area contributed by atoms with E-state index in [0.717, 1.165) is 11.4 Å². The standard InChI is InChI=1S/C13H19N3O3S2/c1-13(2,3)7-9(17)8-14-21(18,19)11-6-4-5-10-12(11)16-20-15-10/h4-6,9,14,17H,7-8H2,1-3H3. The highest BCUT2D eigenvalue weighted by atomic mass is 32.2. The maximum absolute atomic E-state index is 12.3. The van der Waals surface area contributed by atoms with E-state index in [1.807, 2.05) is 20.8 Å². The molecule has 0 spiro atoms. The number of hydrogen-bond acceptors (Lipinski definition) is 5. The van der Waals surface area contributed by atoms with Gasteiger partial charge in [0.25, 0.3) is 0 Å². The van der Waals surface area contributed by atoms with Gasteiger partial charge in [0.15, 0.2) is 0 Å². The second-order valence-electron chi connectivity index (χ2n) is 6.16. The molecule has 0 aromatic heterocycles. The zero-order valence-corrected chi connectivity index (χ0v) is 13.8. The number of nitrogens with one attached hydrogen (secondary N) is 1. The van der Waals surface area contributed by atoms with E-state index in [1.165, 1.54) is 6.07 Å². The van der Waals surface area contributed by atoms with E-state index in [4.69, 9.17) is 0 Å². The number of benzene rings is 1. The number of aliphatic hydroxyl groups is 1. The molecular weight excluding hydrogens is 310 g/mol. The molecule has 1 unspecified atom stereocenters. The summed E-state index contributed by atoms with van der Waals surface area (Å²) < 4.78 is 35.1. The van der Waals surface area contributed by atoms with Gasteiger partial charge in [0.2, 0.25) is 10.0 Å². The molecule has 1 heterocycles. The third-order valence-electron chi connectivity index (χ3n) is 2.90. The van der Waals surface area contributed by atoms with Crippen molar-refractivity contribution in [1.82, 2.24) is 4.72 Å². The Kier molecular flexibility index (Phi) is 4.62. The van der Waals surface area contributed by atoms with E-state index in [1.54, 1.807) is 12.1 Å². The second-order valence-corrected chi connectivity index (χ2v) is 8.42. The topological polar surface area (TPSA) is 91.1 Å². The molecule has 6 nitrogen and oxygen atoms in total. The van der Waals surface area contributed by atoms with Crippen LogP contribution in [0.5, 0.6) is 0 Å². The fourth-order valence-corrected chi connectivity index (χ4v) is 3.90. The minimum absolute atomic E-state index is 0.0203. The van der Waals surface area contributed by atoms with Gasteiger partial charge < -0.3 is 5.11 Å². The van der Waals surface area contributed by atoms with E-state index >= 15 is 0 Å². The molecule has 0 amide bonds. The van der Waals surface area contributed by atoms with Crippen LogP contribution in [0.15, 0.2) is 31.8 Å². The maximum atomic E-state index is 12.3. The van der Waals surface area contributed by atoms with Crippen LogP contribution in [0.2, 0.25) is 0 Å². The average molecular weight is 329 g/mol. The molecule has 0 fully saturated rings. The maximum Gasteiger partial charge on any atom is 0.242 e. The van der Waals surface area contributed by atoms with Crippen LogP contribution in [0.1, 0.15) is 27.2 Å². The van der Waals surface area contributed by atoms with Crippen molar-refractivity contribution in [3.05, 3.63) is 18.2 Å². The van der Waals surface area contributed by atoms with E-state index in [0.29, 0.717) is 17.8 Å². The van der Waals surface area contributed by atoms with Crippen molar-refractivity contribution in [3.63, 3.8) is 0 Å². The molecule has 1 aromatic carbocycles. The molecule has 1 aliphatic heterocycles. The van der Waals surface area contributed by atoms with Gasteiger partial charge in [0.1, 0.15) is 16.3 Å². The summed E-state index contributed by atoms with van der Waals surface area (Å²) in [4.78, 5) is 0.0942. The second kappa shape index (κ2) is 5.96. The summed E-state index contributed by atoms with van der Waals surface area (Å²) in [6, 6.07) is 4.83. The third-order valence-corrected chi connectivity index (χ3v) is 4.89. The van der Waals surface area contributed by atoms with E-state index in [9.17, 15) is 13.5 Å². The van der Waals surface area contributed by atoms with Crippen LogP contribution in [-0.2, 0) is 21.4 Å². The van der Waals surface area contributed by atoms with Crippen LogP contribution in [0.3, 0.4) is 0 Å². The van der Waals surface area contributed by atoms with Gasteiger partial charge in [0.05, 0.1) is 17.5 Å². The van der Waals surface area contributed by atoms with Gasteiger partial charge in [-0.15, -0.1) is 0 Å². The molecular formula is C13H19N3O3S2. The van der Waals surface area contributed by atoms with Crippen molar-refractivity contribution in [2.24, 2.45) is 14.1 Å². The monoisotopic (exact) mass is 329 g/mol. The summed E-state index contributed by atoms with van der Waals surface area (Å²) >= 11 is 0.974. The van der Waals surface area contributed by atoms with Gasteiger partial charge >= 0.3 is 0 Å². The van der Waals surface area contributed by atoms with Crippen LogP contribution in [0.25, 0.3) is 0 Å². The van der Waals surface area contributed by atoms with Gasteiger partial charge in [-0.25, -0.2) is 13.1 Å². The van der Waals surface area contributed by atoms with Crippen LogP contribution < -0.4 is 4.72 Å². The summed E-state index contributed by atoms with van der Waals surface area (Å²) in [7, 11) is -3.71. The summed E-state index contributed by atoms with van der Waals surface area (Å²) in [6.07, 6.45) is -0.217. The summed E-state index contributed by atoms with van der Waals surface area (Å²) in [5.41, 5.74) is 0.849. The fourth-order valence-electron chi connectivity index (χ4n) is 2.06. The molecule has 2 N–H and O–H groups in total. The first-order chi connectivity index (χ1) is 9.69. The Morgan fingerprint density at radius 2 is 2.05 bits per heavy atom. The third kappa shape index (κ3) is 4.19. The first kappa shape index (κ1) is 16.3. The van der Waals surface area contributed by atoms with Gasteiger partial charge in [-0.1, -0.05) is 26.8 Å². The molecule has 0 saturated carbocycles. The van der Waals surface area contributed by atoms with Crippen LogP contribution >= 0.6 is 0 Å². The smallest absolute Gasteiger partial charge is 0.242 e. The minimum Gasteiger partial charge on any atom is -0.392 e. The molecule has 21 heavy (non-hydrogen) atoms. The molecule has 1 aliphatic rings. The highest BCUT2D eigenvalue weighted by molar-refractivity contribution is 7.89. The molecule has 1 aromatic rings. The lowest BCUT2D eigenvalue weighted by Crippen LogP contribution is -2.34. The lowest BCUT2D eigenvalue weighted by Gasteiger charge is -2.22. The SMILES string of the molecule is CC(C)(C)CC(O)CNS(=O)(=O)c1cccc2c1N=S=N2. The highest BCUT2D eigenvalue weighted by Gasteiger charge is 2.24. The molecule has 0 radical (unpaired) electrons. The van der Waals surface area contributed by atoms with Crippen LogP contribution in [0, 0.1) is 5.41 Å². The lowest BCUT2D eigenvalue weighted by molar-refractivity contribution is 0.125. The molecule has 0 bridgehead atoms. The molecule has 0 saturated heterocycles. The predicted molar refractivity (Wildman–Crippen MR) is 83.3 cm³/mol. The quantitative estimate of drug-likeness (QED) is 0.883. The molecule has 1 atom stereocenters. The Morgan fingerprint density at radius 1 is 1.33 bits per heavy atom. The largest absolute Gasteiger partial charge is 0.392 e. The van der Waals surface area contributed by atoms with Crippen LogP contribution in [-0.4, -0.2) is 26.2 Å². The fraction of sp³-hybridized carbons (Fsp3) is 0.538. The Bertz CT molecular complexity index is 702. The molecule has 0 aliphatic carbocycles. The lowest BCUT2D eigenvalue weighted by atomic mass is 9.89. The molecule has 2 rings (SSSR count). The van der Waals surface area contributed by atoms with E-state index in [-0.39, 0.29) is 16.9 Å². The van der Waals surface area contributed by atoms with Gasteiger partial charge in [0, 0.05) is 6.54 Å². The van der Waals surface area contributed by atoms with Crippen molar-refractivity contribution < 1.29 is 13.5 Å². The summed E-state index contributed by atoms with van der Waals surface area (Å²) in [5, 5.41) is 9.92. The van der Waals surface area contributed by atoms with Gasteiger partial charge in [-0.3, -0.25) is 0 Å². The Hall–Kier alpha value is -1.09. The number of rotatable bonds is 5. The Labute approximate surface area is 128 Å². The Balaban J connectivity index is 2.10. The number of nitrogens with zero attached hydrogens (tertiary/aromatic N) is 2. The van der Waals surface area contributed by atoms with Crippen molar-refractivity contribution in [2.75, 3.05) is 6.54 Å². The summed E-state index contributed by atoms with van der Waals surface area (Å²) in [6.45, 7) is 5.96. The van der Waals surface area contributed by atoms with E-state index < -0.39 is 16.1 Å². The number of hydrogen-bond donors (Lipinski definition) is 2. The molecule has 116 valence electrons. The first-order valence-electron chi connectivity index (χ1n) is 6.58. The van der Waals surface area contributed by atoms with Crippen molar-refractivity contribution >= 4 is 32.8 Å². The minimum atomic E-state index is -3.71. The number of fused-ring (bicyclic) bond motifs is 1. The predicted octanol–water partition coefficient (Wildman–Crippen LogP) is 2.49. The average Bonchev–Trinajstić information content (AvgIpc) is 2.82. The van der Waals surface area contributed by atoms with Crippen molar-refractivity contribution in [2.45, 2.75) is 38.2 Å². The van der Waals surface area contributed by atoms with Crippen molar-refractivity contribution in [1.29, 1.82) is 0 Å². The first-order valence-corrected chi connectivity index (χ1v) is 8.79. The molecule has 8 heteroatoms. The zero-order chi connectivity index (χ0) is 15.7. The number of sulfonamides is 1. The van der Waals surface area contributed by atoms with Crippen LogP contribution in [0.4, 0.5) is 11.4 Å². The highest BCUT2D eigenvalue weighted by Crippen LogP contribution is 2.37. The normalized spacial score (nSPS) is 15.6. The van der Waals surface area contributed by atoms with Gasteiger partial charge in [-0.2, -0.15) is 8.73 Å². The van der Waals surface area contributed by atoms with Gasteiger partial charge in [-0.05, 0) is 24.0 Å². The van der Waals surface area contributed by atoms with Crippen molar-refractivity contribution in [3.8, 4) is 0 Å². The summed E-state index contributed by atoms with van der Waals surface area (Å²) in [5.74, 6) is 0.